The summed E-state index contributed by atoms with van der Waals surface area (Å²) >= 11 is 6.49. The summed E-state index contributed by atoms with van der Waals surface area (Å²) in [5.74, 6) is -0.135. The molecule has 0 spiro atoms. The molecule has 1 aliphatic heterocycles. The Kier molecular flexibility index (Phi) is 5.41. The maximum absolute atomic E-state index is 11.3. The van der Waals surface area contributed by atoms with E-state index in [-0.39, 0.29) is 5.92 Å². The lowest BCUT2D eigenvalue weighted by molar-refractivity contribution is -0.142. The summed E-state index contributed by atoms with van der Waals surface area (Å²) in [6.07, 6.45) is 5.10. The number of fused-ring (bicyclic) bond motifs is 2. The third-order valence-corrected chi connectivity index (χ3v) is 7.22. The van der Waals surface area contributed by atoms with Crippen LogP contribution in [0.2, 0.25) is 5.02 Å². The van der Waals surface area contributed by atoms with Crippen molar-refractivity contribution in [1.82, 2.24) is 24.5 Å². The fraction of sp³-hybridized carbons (Fsp3) is 0.259. The Balaban J connectivity index is 1.43. The van der Waals surface area contributed by atoms with Gasteiger partial charge in [0.05, 0.1) is 28.8 Å². The summed E-state index contributed by atoms with van der Waals surface area (Å²) in [4.78, 5) is 18.1. The number of rotatable bonds is 4. The quantitative estimate of drug-likeness (QED) is 0.363. The van der Waals surface area contributed by atoms with E-state index >= 15 is 0 Å². The molecule has 2 aromatic carbocycles. The van der Waals surface area contributed by atoms with Crippen molar-refractivity contribution in [2.24, 2.45) is 13.0 Å². The summed E-state index contributed by atoms with van der Waals surface area (Å²) in [5, 5.41) is 21.6. The molecule has 1 N–H and O–H groups in total. The Morgan fingerprint density at radius 2 is 1.89 bits per heavy atom. The Morgan fingerprint density at radius 1 is 1.08 bits per heavy atom. The first kappa shape index (κ1) is 22.5. The van der Waals surface area contributed by atoms with E-state index in [4.69, 9.17) is 21.7 Å². The monoisotopic (exact) mass is 500 g/mol. The first-order chi connectivity index (χ1) is 17.4. The molecule has 0 atom stereocenters. The van der Waals surface area contributed by atoms with Crippen molar-refractivity contribution >= 4 is 45.2 Å². The number of piperidine rings is 1. The molecule has 3 aromatic heterocycles. The topological polar surface area (TPSA) is 89.1 Å². The molecule has 8 nitrogen and oxygen atoms in total. The number of nitrogens with zero attached hydrogens (tertiary/aromatic N) is 6. The maximum Gasteiger partial charge on any atom is 0.306 e. The summed E-state index contributed by atoms with van der Waals surface area (Å²) in [5.41, 5.74) is 5.60. The van der Waals surface area contributed by atoms with Crippen LogP contribution in [0.1, 0.15) is 18.4 Å². The third kappa shape index (κ3) is 3.78. The Morgan fingerprint density at radius 3 is 2.61 bits per heavy atom. The highest BCUT2D eigenvalue weighted by Gasteiger charge is 2.25. The van der Waals surface area contributed by atoms with Crippen LogP contribution < -0.4 is 4.90 Å². The number of pyridine rings is 1. The average molecular weight is 501 g/mol. The number of halogens is 1. The summed E-state index contributed by atoms with van der Waals surface area (Å²) in [6.45, 7) is 3.41. The molecule has 0 saturated carbocycles. The molecule has 0 bridgehead atoms. The van der Waals surface area contributed by atoms with Crippen LogP contribution in [0.4, 0.5) is 5.82 Å². The zero-order valence-corrected chi connectivity index (χ0v) is 20.8. The van der Waals surface area contributed by atoms with Gasteiger partial charge in [-0.2, -0.15) is 10.2 Å². The Bertz CT molecular complexity index is 1610. The molecule has 1 aliphatic rings. The lowest BCUT2D eigenvalue weighted by Crippen LogP contribution is -2.36. The molecule has 182 valence electrons. The van der Waals surface area contributed by atoms with Gasteiger partial charge in [-0.1, -0.05) is 23.7 Å². The van der Waals surface area contributed by atoms with E-state index in [1.54, 1.807) is 0 Å². The number of aryl methyl sites for hydroxylation is 2. The van der Waals surface area contributed by atoms with Crippen LogP contribution in [-0.4, -0.2) is 48.7 Å². The molecular formula is C27H25ClN6O2. The van der Waals surface area contributed by atoms with Crippen molar-refractivity contribution in [2.45, 2.75) is 19.8 Å². The molecule has 1 fully saturated rings. The van der Waals surface area contributed by atoms with Gasteiger partial charge in [0.1, 0.15) is 11.5 Å². The molecule has 4 heterocycles. The molecule has 1 saturated heterocycles. The highest BCUT2D eigenvalue weighted by molar-refractivity contribution is 6.31. The standard InChI is InChI=1S/C27H25ClN6O2/c1-16-12-18(28)13-21-25(20-4-3-5-23-22(20)15-32(2)30-23)31-34(26(16)21)19-6-7-24(29-14-19)33-10-8-17(9-11-33)27(35)36/h3-7,12-15,17H,8-11H2,1-2H3,(H,35,36). The van der Waals surface area contributed by atoms with E-state index in [9.17, 15) is 9.90 Å². The number of carboxylic acids is 1. The number of hydrogen-bond donors (Lipinski definition) is 1. The van der Waals surface area contributed by atoms with Crippen molar-refractivity contribution in [3.05, 3.63) is 65.4 Å². The van der Waals surface area contributed by atoms with Gasteiger partial charge in [-0.25, -0.2) is 9.67 Å². The van der Waals surface area contributed by atoms with E-state index in [0.717, 1.165) is 50.1 Å². The first-order valence-corrected chi connectivity index (χ1v) is 12.3. The molecule has 0 amide bonds. The first-order valence-electron chi connectivity index (χ1n) is 11.9. The van der Waals surface area contributed by atoms with Crippen LogP contribution in [0.25, 0.3) is 38.8 Å². The summed E-state index contributed by atoms with van der Waals surface area (Å²) in [6, 6.07) is 14.0. The summed E-state index contributed by atoms with van der Waals surface area (Å²) < 4.78 is 3.74. The van der Waals surface area contributed by atoms with Crippen molar-refractivity contribution in [3.63, 3.8) is 0 Å². The van der Waals surface area contributed by atoms with Gasteiger partial charge in [0.15, 0.2) is 0 Å². The Hall–Kier alpha value is -3.91. The minimum atomic E-state index is -0.711. The van der Waals surface area contributed by atoms with E-state index in [1.807, 2.05) is 72.1 Å². The largest absolute Gasteiger partial charge is 0.481 e. The van der Waals surface area contributed by atoms with Crippen molar-refractivity contribution < 1.29 is 9.90 Å². The molecule has 36 heavy (non-hydrogen) atoms. The number of carboxylic acid groups (broad SMARTS) is 1. The maximum atomic E-state index is 11.3. The molecule has 0 aliphatic carbocycles. The third-order valence-electron chi connectivity index (χ3n) is 7.00. The van der Waals surface area contributed by atoms with Gasteiger partial charge in [-0.15, -0.1) is 0 Å². The lowest BCUT2D eigenvalue weighted by Gasteiger charge is -2.31. The van der Waals surface area contributed by atoms with Crippen molar-refractivity contribution in [2.75, 3.05) is 18.0 Å². The van der Waals surface area contributed by atoms with Gasteiger partial charge in [-0.3, -0.25) is 9.48 Å². The number of hydrogen-bond acceptors (Lipinski definition) is 5. The van der Waals surface area contributed by atoms with Crippen molar-refractivity contribution in [3.8, 4) is 16.9 Å². The number of aromatic nitrogens is 5. The van der Waals surface area contributed by atoms with E-state index in [1.165, 1.54) is 0 Å². The highest BCUT2D eigenvalue weighted by atomic mass is 35.5. The predicted octanol–water partition coefficient (Wildman–Crippen LogP) is 5.24. The lowest BCUT2D eigenvalue weighted by atomic mass is 9.97. The number of aliphatic carboxylic acids is 1. The van der Waals surface area contributed by atoms with Gasteiger partial charge in [0.2, 0.25) is 0 Å². The zero-order chi connectivity index (χ0) is 25.0. The minimum Gasteiger partial charge on any atom is -0.481 e. The zero-order valence-electron chi connectivity index (χ0n) is 20.0. The molecule has 6 rings (SSSR count). The van der Waals surface area contributed by atoms with Crippen LogP contribution in [0.3, 0.4) is 0 Å². The van der Waals surface area contributed by atoms with E-state index in [0.29, 0.717) is 31.0 Å². The highest BCUT2D eigenvalue weighted by Crippen LogP contribution is 2.37. The second kappa shape index (κ2) is 8.64. The van der Waals surface area contributed by atoms with Gasteiger partial charge in [0.25, 0.3) is 0 Å². The van der Waals surface area contributed by atoms with Gasteiger partial charge in [-0.05, 0) is 55.7 Å². The van der Waals surface area contributed by atoms with E-state index in [2.05, 4.69) is 16.1 Å². The average Bonchev–Trinajstić information content (AvgIpc) is 3.44. The molecule has 9 heteroatoms. The summed E-state index contributed by atoms with van der Waals surface area (Å²) in [7, 11) is 1.92. The van der Waals surface area contributed by atoms with Crippen LogP contribution in [0.15, 0.2) is 54.9 Å². The normalized spacial score (nSPS) is 14.7. The molecule has 0 unspecified atom stereocenters. The van der Waals surface area contributed by atoms with Crippen LogP contribution >= 0.6 is 11.6 Å². The van der Waals surface area contributed by atoms with Gasteiger partial charge >= 0.3 is 5.97 Å². The van der Waals surface area contributed by atoms with E-state index < -0.39 is 5.97 Å². The minimum absolute atomic E-state index is 0.270. The number of anilines is 1. The number of carbonyl (C=O) groups is 1. The molecule has 5 aromatic rings. The second-order valence-corrected chi connectivity index (χ2v) is 9.83. The van der Waals surface area contributed by atoms with Crippen molar-refractivity contribution in [1.29, 1.82) is 0 Å². The fourth-order valence-corrected chi connectivity index (χ4v) is 5.47. The molecular weight excluding hydrogens is 476 g/mol. The fourth-order valence-electron chi connectivity index (χ4n) is 5.20. The van der Waals surface area contributed by atoms with Crippen LogP contribution in [-0.2, 0) is 11.8 Å². The van der Waals surface area contributed by atoms with Gasteiger partial charge in [0, 0.05) is 47.7 Å². The van der Waals surface area contributed by atoms with Gasteiger partial charge < -0.3 is 10.0 Å². The SMILES string of the molecule is Cc1cc(Cl)cc2c(-c3cccc4nn(C)cc34)nn(-c3ccc(N4CCC(C(=O)O)CC4)nc3)c12. The van der Waals surface area contributed by atoms with Crippen LogP contribution in [0.5, 0.6) is 0 Å². The number of benzene rings is 2. The Labute approximate surface area is 212 Å². The van der Waals surface area contributed by atoms with Crippen LogP contribution in [0, 0.1) is 12.8 Å². The smallest absolute Gasteiger partial charge is 0.306 e. The molecule has 0 radical (unpaired) electrons. The second-order valence-electron chi connectivity index (χ2n) is 9.39. The predicted molar refractivity (Wildman–Crippen MR) is 141 cm³/mol.